The summed E-state index contributed by atoms with van der Waals surface area (Å²) in [6.07, 6.45) is -1.01. The lowest BCUT2D eigenvalue weighted by Gasteiger charge is -2.20. The minimum absolute atomic E-state index is 0.0337. The van der Waals surface area contributed by atoms with Gasteiger partial charge in [-0.25, -0.2) is 8.78 Å². The highest BCUT2D eigenvalue weighted by molar-refractivity contribution is 6.35. The molecule has 0 aromatic heterocycles. The Kier molecular flexibility index (Phi) is 10.5. The van der Waals surface area contributed by atoms with Gasteiger partial charge in [-0.2, -0.15) is 8.78 Å². The molecular formula is C25H25F4N3O7. The number of halogens is 4. The molecule has 2 rings (SSSR count). The van der Waals surface area contributed by atoms with Crippen LogP contribution in [0.3, 0.4) is 0 Å². The van der Waals surface area contributed by atoms with E-state index in [1.165, 1.54) is 0 Å². The predicted molar refractivity (Wildman–Crippen MR) is 126 cm³/mol. The highest BCUT2D eigenvalue weighted by Gasteiger charge is 2.29. The van der Waals surface area contributed by atoms with E-state index < -0.39 is 83.6 Å². The largest absolute Gasteiger partial charge is 0.481 e. The summed E-state index contributed by atoms with van der Waals surface area (Å²) in [5.41, 5.74) is 2.58. The minimum Gasteiger partial charge on any atom is -0.481 e. The Morgan fingerprint density at radius 1 is 0.923 bits per heavy atom. The van der Waals surface area contributed by atoms with Crippen molar-refractivity contribution in [3.63, 3.8) is 0 Å². The number of carboxylic acid groups (broad SMARTS) is 1. The number of nitrogens with one attached hydrogen (secondary N) is 3. The van der Waals surface area contributed by atoms with Crippen molar-refractivity contribution in [1.82, 2.24) is 16.0 Å². The number of aliphatic carboxylic acids is 1. The van der Waals surface area contributed by atoms with Gasteiger partial charge < -0.3 is 25.8 Å². The smallest absolute Gasteiger partial charge is 0.309 e. The van der Waals surface area contributed by atoms with Crippen molar-refractivity contribution in [2.75, 3.05) is 6.61 Å². The second-order valence-electron chi connectivity index (χ2n) is 8.52. The number of aryl methyl sites for hydroxylation is 2. The van der Waals surface area contributed by atoms with Gasteiger partial charge in [-0.05, 0) is 31.9 Å². The number of amides is 3. The molecule has 0 fully saturated rings. The standard InChI is InChI=1S/C25H25F4N3O7/c1-11-4-5-12(2)14(6-11)9-30-24(37)25(38)31-13(3)23(36)32-17(8-19(34)35)18(33)10-39-22-20(28)15(26)7-16(27)21(22)29/h4-7,13,17H,8-10H2,1-3H3,(H,30,37)(H,31,38)(H,32,36)(H,34,35)/t13-,17-/m0/s1. The number of benzene rings is 2. The average molecular weight is 555 g/mol. The predicted octanol–water partition coefficient (Wildman–Crippen LogP) is 1.59. The second kappa shape index (κ2) is 13.3. The van der Waals surface area contributed by atoms with Gasteiger partial charge in [-0.1, -0.05) is 23.8 Å². The zero-order chi connectivity index (χ0) is 29.4. The van der Waals surface area contributed by atoms with E-state index >= 15 is 0 Å². The van der Waals surface area contributed by atoms with Crippen molar-refractivity contribution in [1.29, 1.82) is 0 Å². The molecule has 0 heterocycles. The van der Waals surface area contributed by atoms with Gasteiger partial charge in [0.05, 0.1) is 6.42 Å². The first kappa shape index (κ1) is 30.7. The number of carbonyl (C=O) groups is 5. The molecule has 0 aliphatic rings. The summed E-state index contributed by atoms with van der Waals surface area (Å²) in [5.74, 6) is -15.1. The van der Waals surface area contributed by atoms with Crippen LogP contribution in [0.1, 0.15) is 30.0 Å². The van der Waals surface area contributed by atoms with Crippen LogP contribution >= 0.6 is 0 Å². The maximum absolute atomic E-state index is 13.7. The number of hydrogen-bond donors (Lipinski definition) is 4. The first-order valence-electron chi connectivity index (χ1n) is 11.4. The van der Waals surface area contributed by atoms with Crippen LogP contribution in [0.2, 0.25) is 0 Å². The highest BCUT2D eigenvalue weighted by atomic mass is 19.2. The number of ether oxygens (including phenoxy) is 1. The first-order chi connectivity index (χ1) is 18.2. The van der Waals surface area contributed by atoms with Crippen molar-refractivity contribution in [2.45, 2.75) is 45.8 Å². The lowest BCUT2D eigenvalue weighted by Crippen LogP contribution is -2.53. The summed E-state index contributed by atoms with van der Waals surface area (Å²) < 4.78 is 58.6. The van der Waals surface area contributed by atoms with Crippen molar-refractivity contribution >= 4 is 29.5 Å². The molecular weight excluding hydrogens is 530 g/mol. The number of ketones is 1. The van der Waals surface area contributed by atoms with Crippen LogP contribution in [0.25, 0.3) is 0 Å². The van der Waals surface area contributed by atoms with Crippen LogP contribution in [0.5, 0.6) is 5.75 Å². The fourth-order valence-electron chi connectivity index (χ4n) is 3.21. The van der Waals surface area contributed by atoms with E-state index in [9.17, 15) is 41.5 Å². The van der Waals surface area contributed by atoms with Crippen LogP contribution in [0.15, 0.2) is 24.3 Å². The Hall–Kier alpha value is -4.49. The van der Waals surface area contributed by atoms with Crippen LogP contribution in [0, 0.1) is 37.1 Å². The number of carboxylic acids is 1. The molecule has 2 aromatic rings. The number of carbonyl (C=O) groups excluding carboxylic acids is 4. The normalized spacial score (nSPS) is 12.2. The molecule has 39 heavy (non-hydrogen) atoms. The van der Waals surface area contributed by atoms with Crippen LogP contribution in [-0.4, -0.2) is 53.3 Å². The molecule has 2 atom stereocenters. The summed E-state index contributed by atoms with van der Waals surface area (Å²) in [6.45, 7) is 3.58. The molecule has 2 aromatic carbocycles. The van der Waals surface area contributed by atoms with Gasteiger partial charge in [-0.15, -0.1) is 0 Å². The molecule has 0 saturated heterocycles. The average Bonchev–Trinajstić information content (AvgIpc) is 2.86. The third-order valence-corrected chi connectivity index (χ3v) is 5.41. The maximum atomic E-state index is 13.7. The topological polar surface area (TPSA) is 151 Å². The Morgan fingerprint density at radius 3 is 2.13 bits per heavy atom. The lowest BCUT2D eigenvalue weighted by molar-refractivity contribution is -0.142. The zero-order valence-electron chi connectivity index (χ0n) is 21.0. The zero-order valence-corrected chi connectivity index (χ0v) is 21.0. The highest BCUT2D eigenvalue weighted by Crippen LogP contribution is 2.26. The van der Waals surface area contributed by atoms with Crippen LogP contribution in [0.4, 0.5) is 17.6 Å². The molecule has 4 N–H and O–H groups in total. The molecule has 3 amide bonds. The molecule has 0 radical (unpaired) electrons. The van der Waals surface area contributed by atoms with Gasteiger partial charge in [-0.3, -0.25) is 24.0 Å². The van der Waals surface area contributed by atoms with Gasteiger partial charge in [0, 0.05) is 12.6 Å². The maximum Gasteiger partial charge on any atom is 0.309 e. The molecule has 0 spiro atoms. The Morgan fingerprint density at radius 2 is 1.54 bits per heavy atom. The monoisotopic (exact) mass is 555 g/mol. The van der Waals surface area contributed by atoms with Crippen LogP contribution < -0.4 is 20.7 Å². The molecule has 0 aliphatic heterocycles. The van der Waals surface area contributed by atoms with Gasteiger partial charge in [0.15, 0.2) is 23.2 Å². The van der Waals surface area contributed by atoms with E-state index in [1.54, 1.807) is 0 Å². The van der Waals surface area contributed by atoms with E-state index in [-0.39, 0.29) is 12.6 Å². The summed E-state index contributed by atoms with van der Waals surface area (Å²) in [4.78, 5) is 60.4. The third-order valence-electron chi connectivity index (χ3n) is 5.41. The minimum atomic E-state index is -1.92. The van der Waals surface area contributed by atoms with E-state index in [0.29, 0.717) is 0 Å². The van der Waals surface area contributed by atoms with Gasteiger partial charge in [0.2, 0.25) is 17.5 Å². The van der Waals surface area contributed by atoms with Gasteiger partial charge in [0.1, 0.15) is 18.7 Å². The van der Waals surface area contributed by atoms with Gasteiger partial charge >= 0.3 is 17.8 Å². The Bertz CT molecular complexity index is 1280. The van der Waals surface area contributed by atoms with E-state index in [4.69, 9.17) is 5.11 Å². The molecule has 10 nitrogen and oxygen atoms in total. The number of hydrogen-bond acceptors (Lipinski definition) is 6. The first-order valence-corrected chi connectivity index (χ1v) is 11.4. The van der Waals surface area contributed by atoms with E-state index in [0.717, 1.165) is 23.6 Å². The lowest BCUT2D eigenvalue weighted by atomic mass is 10.1. The molecule has 0 saturated carbocycles. The van der Waals surface area contributed by atoms with Gasteiger partial charge in [0.25, 0.3) is 0 Å². The van der Waals surface area contributed by atoms with Crippen molar-refractivity contribution in [2.24, 2.45) is 0 Å². The molecule has 0 unspecified atom stereocenters. The fraction of sp³-hybridized carbons (Fsp3) is 0.320. The van der Waals surface area contributed by atoms with E-state index in [1.807, 2.05) is 37.4 Å². The molecule has 0 bridgehead atoms. The third kappa shape index (κ3) is 8.51. The van der Waals surface area contributed by atoms with E-state index in [2.05, 4.69) is 15.4 Å². The summed E-state index contributed by atoms with van der Waals surface area (Å²) >= 11 is 0. The summed E-state index contributed by atoms with van der Waals surface area (Å²) in [7, 11) is 0. The molecule has 210 valence electrons. The van der Waals surface area contributed by atoms with Crippen LogP contribution in [-0.2, 0) is 30.5 Å². The Labute approximate surface area is 219 Å². The number of Topliss-reactive ketones (excluding diaryl/α,β-unsaturated/α-hetero) is 1. The quantitative estimate of drug-likeness (QED) is 0.187. The van der Waals surface area contributed by atoms with Crippen molar-refractivity contribution in [3.05, 3.63) is 64.2 Å². The molecule has 14 heteroatoms. The summed E-state index contributed by atoms with van der Waals surface area (Å²) in [5, 5.41) is 15.6. The fourth-order valence-corrected chi connectivity index (χ4v) is 3.21. The molecule has 0 aliphatic carbocycles. The second-order valence-corrected chi connectivity index (χ2v) is 8.52. The SMILES string of the molecule is Cc1ccc(C)c(CNC(=O)C(=O)N[C@@H](C)C(=O)N[C@@H](CC(=O)O)C(=O)COc2c(F)c(F)cc(F)c2F)c1. The summed E-state index contributed by atoms with van der Waals surface area (Å²) in [6, 6.07) is 2.21. The Balaban J connectivity index is 1.99. The number of rotatable bonds is 11. The van der Waals surface area contributed by atoms with Crippen molar-refractivity contribution < 1.29 is 51.4 Å². The van der Waals surface area contributed by atoms with Crippen molar-refractivity contribution in [3.8, 4) is 5.75 Å².